The first-order valence-electron chi connectivity index (χ1n) is 9.46. The molecule has 0 bridgehead atoms. The molecule has 1 atom stereocenters. The maximum absolute atomic E-state index is 12.6. The molecule has 26 heavy (non-hydrogen) atoms. The average molecular weight is 373 g/mol. The monoisotopic (exact) mass is 372 g/mol. The Kier molecular flexibility index (Phi) is 5.00. The average Bonchev–Trinajstić information content (AvgIpc) is 3.13. The molecule has 1 aromatic carbocycles. The quantitative estimate of drug-likeness (QED) is 0.846. The molecule has 0 radical (unpaired) electrons. The lowest BCUT2D eigenvalue weighted by Gasteiger charge is -2.42. The summed E-state index contributed by atoms with van der Waals surface area (Å²) in [5.74, 6) is -0.0900. The number of aromatic nitrogens is 2. The van der Waals surface area contributed by atoms with E-state index >= 15 is 0 Å². The Morgan fingerprint density at radius 2 is 2.08 bits per heavy atom. The zero-order valence-corrected chi connectivity index (χ0v) is 15.6. The third-order valence-corrected chi connectivity index (χ3v) is 6.09. The Balaban J connectivity index is 1.40. The molecule has 2 fully saturated rings. The van der Waals surface area contributed by atoms with Crippen molar-refractivity contribution in [3.63, 3.8) is 0 Å². The van der Waals surface area contributed by atoms with E-state index in [1.165, 1.54) is 12.0 Å². The van der Waals surface area contributed by atoms with E-state index < -0.39 is 0 Å². The lowest BCUT2D eigenvalue weighted by Crippen LogP contribution is -2.45. The van der Waals surface area contributed by atoms with Crippen LogP contribution in [0, 0.1) is 0 Å². The summed E-state index contributed by atoms with van der Waals surface area (Å²) in [5.41, 5.74) is 1.80. The molecule has 1 saturated heterocycles. The van der Waals surface area contributed by atoms with Crippen molar-refractivity contribution in [1.82, 2.24) is 20.4 Å². The van der Waals surface area contributed by atoms with Crippen LogP contribution in [0.25, 0.3) is 0 Å². The predicted octanol–water partition coefficient (Wildman–Crippen LogP) is 3.31. The number of nitrogens with one attached hydrogen (secondary N) is 2. The van der Waals surface area contributed by atoms with E-state index in [1.54, 1.807) is 0 Å². The van der Waals surface area contributed by atoms with Crippen molar-refractivity contribution in [2.24, 2.45) is 0 Å². The SMILES string of the molecule is O=C(NCC1(c2ccc(Cl)cc2)CCC1)c1ccn(C2CCCNC2)n1. The van der Waals surface area contributed by atoms with Crippen LogP contribution in [-0.4, -0.2) is 35.3 Å². The minimum atomic E-state index is -0.0900. The standard InChI is InChI=1S/C20H25ClN4O/c21-16-6-4-15(5-7-16)20(9-2-10-20)14-23-19(26)18-8-12-25(24-18)17-3-1-11-22-13-17/h4-8,12,17,22H,1-3,9-11,13-14H2,(H,23,26). The summed E-state index contributed by atoms with van der Waals surface area (Å²) in [6.07, 6.45) is 7.56. The Hall–Kier alpha value is -1.85. The summed E-state index contributed by atoms with van der Waals surface area (Å²) in [4.78, 5) is 12.6. The van der Waals surface area contributed by atoms with E-state index in [1.807, 2.05) is 29.1 Å². The molecule has 5 nitrogen and oxygen atoms in total. The molecule has 2 N–H and O–H groups in total. The van der Waals surface area contributed by atoms with Gasteiger partial charge in [-0.05, 0) is 56.0 Å². The minimum Gasteiger partial charge on any atom is -0.350 e. The van der Waals surface area contributed by atoms with Gasteiger partial charge in [-0.1, -0.05) is 30.2 Å². The molecule has 4 rings (SSSR count). The van der Waals surface area contributed by atoms with Gasteiger partial charge < -0.3 is 10.6 Å². The fraction of sp³-hybridized carbons (Fsp3) is 0.500. The van der Waals surface area contributed by atoms with E-state index in [4.69, 9.17) is 11.6 Å². The highest BCUT2D eigenvalue weighted by Crippen LogP contribution is 2.43. The molecule has 0 spiro atoms. The van der Waals surface area contributed by atoms with Crippen molar-refractivity contribution in [1.29, 1.82) is 0 Å². The first kappa shape index (κ1) is 17.6. The van der Waals surface area contributed by atoms with Crippen molar-refractivity contribution < 1.29 is 4.79 Å². The maximum atomic E-state index is 12.6. The molecular formula is C20H25ClN4O. The maximum Gasteiger partial charge on any atom is 0.271 e. The van der Waals surface area contributed by atoms with Crippen LogP contribution >= 0.6 is 11.6 Å². The summed E-state index contributed by atoms with van der Waals surface area (Å²) < 4.78 is 1.93. The zero-order valence-electron chi connectivity index (χ0n) is 14.9. The number of carbonyl (C=O) groups is 1. The molecule has 2 aromatic rings. The summed E-state index contributed by atoms with van der Waals surface area (Å²) >= 11 is 6.01. The molecule has 1 amide bonds. The molecular weight excluding hydrogens is 348 g/mol. The van der Waals surface area contributed by atoms with Crippen molar-refractivity contribution in [2.75, 3.05) is 19.6 Å². The highest BCUT2D eigenvalue weighted by atomic mass is 35.5. The molecule has 1 aliphatic heterocycles. The lowest BCUT2D eigenvalue weighted by atomic mass is 9.64. The number of rotatable bonds is 5. The van der Waals surface area contributed by atoms with Gasteiger partial charge in [-0.25, -0.2) is 0 Å². The van der Waals surface area contributed by atoms with Crippen LogP contribution in [0.3, 0.4) is 0 Å². The normalized spacial score (nSPS) is 21.8. The zero-order chi connectivity index (χ0) is 18.0. The van der Waals surface area contributed by atoms with Crippen molar-refractivity contribution >= 4 is 17.5 Å². The predicted molar refractivity (Wildman–Crippen MR) is 103 cm³/mol. The summed E-state index contributed by atoms with van der Waals surface area (Å²) in [7, 11) is 0. The van der Waals surface area contributed by atoms with Gasteiger partial charge in [0, 0.05) is 29.7 Å². The van der Waals surface area contributed by atoms with Gasteiger partial charge in [0.2, 0.25) is 0 Å². The first-order valence-corrected chi connectivity index (χ1v) is 9.84. The number of nitrogens with zero attached hydrogens (tertiary/aromatic N) is 2. The third-order valence-electron chi connectivity index (χ3n) is 5.84. The van der Waals surface area contributed by atoms with Gasteiger partial charge in [0.25, 0.3) is 5.91 Å². The number of carbonyl (C=O) groups excluding carboxylic acids is 1. The second-order valence-corrected chi connectivity index (χ2v) is 7.94. The molecule has 138 valence electrons. The molecule has 2 heterocycles. The second kappa shape index (κ2) is 7.41. The number of amides is 1. The van der Waals surface area contributed by atoms with Gasteiger partial charge in [-0.2, -0.15) is 5.10 Å². The molecule has 2 aliphatic rings. The number of halogens is 1. The second-order valence-electron chi connectivity index (χ2n) is 7.50. The van der Waals surface area contributed by atoms with Gasteiger partial charge >= 0.3 is 0 Å². The van der Waals surface area contributed by atoms with Gasteiger partial charge in [-0.15, -0.1) is 0 Å². The van der Waals surface area contributed by atoms with E-state index in [0.29, 0.717) is 18.3 Å². The molecule has 1 saturated carbocycles. The Bertz CT molecular complexity index is 760. The van der Waals surface area contributed by atoms with Gasteiger partial charge in [0.1, 0.15) is 5.69 Å². The number of hydrogen-bond donors (Lipinski definition) is 2. The minimum absolute atomic E-state index is 0.0378. The molecule has 1 aromatic heterocycles. The Labute approximate surface area is 159 Å². The fourth-order valence-electron chi connectivity index (χ4n) is 4.04. The van der Waals surface area contributed by atoms with Crippen LogP contribution in [0.15, 0.2) is 36.5 Å². The van der Waals surface area contributed by atoms with Crippen LogP contribution in [0.5, 0.6) is 0 Å². The van der Waals surface area contributed by atoms with Crippen molar-refractivity contribution in [3.05, 3.63) is 52.8 Å². The highest BCUT2D eigenvalue weighted by molar-refractivity contribution is 6.30. The van der Waals surface area contributed by atoms with Crippen LogP contribution in [-0.2, 0) is 5.41 Å². The summed E-state index contributed by atoms with van der Waals surface area (Å²) in [6, 6.07) is 10.2. The largest absolute Gasteiger partial charge is 0.350 e. The third kappa shape index (κ3) is 3.51. The number of benzene rings is 1. The van der Waals surface area contributed by atoms with Crippen LogP contribution in [0.1, 0.15) is 54.2 Å². The van der Waals surface area contributed by atoms with Crippen LogP contribution in [0.4, 0.5) is 0 Å². The number of hydrogen-bond acceptors (Lipinski definition) is 3. The van der Waals surface area contributed by atoms with Crippen molar-refractivity contribution in [2.45, 2.75) is 43.6 Å². The fourth-order valence-corrected chi connectivity index (χ4v) is 4.16. The van der Waals surface area contributed by atoms with E-state index in [-0.39, 0.29) is 11.3 Å². The van der Waals surface area contributed by atoms with Gasteiger partial charge in [0.05, 0.1) is 6.04 Å². The van der Waals surface area contributed by atoms with Crippen molar-refractivity contribution in [3.8, 4) is 0 Å². The lowest BCUT2D eigenvalue weighted by molar-refractivity contribution is 0.0921. The molecule has 6 heteroatoms. The highest BCUT2D eigenvalue weighted by Gasteiger charge is 2.39. The van der Waals surface area contributed by atoms with Gasteiger partial charge in [-0.3, -0.25) is 9.48 Å². The first-order chi connectivity index (χ1) is 12.7. The van der Waals surface area contributed by atoms with E-state index in [0.717, 1.165) is 43.8 Å². The topological polar surface area (TPSA) is 59.0 Å². The number of piperidine rings is 1. The molecule has 1 aliphatic carbocycles. The van der Waals surface area contributed by atoms with E-state index in [9.17, 15) is 4.79 Å². The smallest absolute Gasteiger partial charge is 0.271 e. The van der Waals surface area contributed by atoms with Gasteiger partial charge in [0.15, 0.2) is 0 Å². The van der Waals surface area contributed by atoms with E-state index in [2.05, 4.69) is 27.9 Å². The van der Waals surface area contributed by atoms with Crippen LogP contribution in [0.2, 0.25) is 5.02 Å². The Morgan fingerprint density at radius 1 is 1.27 bits per heavy atom. The van der Waals surface area contributed by atoms with Crippen LogP contribution < -0.4 is 10.6 Å². The molecule has 1 unspecified atom stereocenters. The summed E-state index contributed by atoms with van der Waals surface area (Å²) in [6.45, 7) is 2.63. The summed E-state index contributed by atoms with van der Waals surface area (Å²) in [5, 5.41) is 11.7. The Morgan fingerprint density at radius 3 is 2.73 bits per heavy atom.